The largest absolute Gasteiger partial charge is 0.424 e. The van der Waals surface area contributed by atoms with Gasteiger partial charge in [0.15, 0.2) is 5.89 Å². The van der Waals surface area contributed by atoms with Crippen LogP contribution in [0, 0.1) is 5.92 Å². The molecule has 1 aromatic carbocycles. The zero-order valence-corrected chi connectivity index (χ0v) is 13.6. The Morgan fingerprint density at radius 2 is 2.00 bits per heavy atom. The second-order valence-corrected chi connectivity index (χ2v) is 7.19. The van der Waals surface area contributed by atoms with E-state index >= 15 is 0 Å². The lowest BCUT2D eigenvalue weighted by atomic mass is 10.1. The fourth-order valence-electron chi connectivity index (χ4n) is 1.95. The van der Waals surface area contributed by atoms with Gasteiger partial charge in [-0.15, -0.1) is 6.58 Å². The van der Waals surface area contributed by atoms with Crippen molar-refractivity contribution in [2.45, 2.75) is 30.2 Å². The lowest BCUT2D eigenvalue weighted by Gasteiger charge is -2.03. The van der Waals surface area contributed by atoms with Crippen molar-refractivity contribution in [1.29, 1.82) is 0 Å². The van der Waals surface area contributed by atoms with Gasteiger partial charge in [-0.25, -0.2) is 8.42 Å². The Bertz CT molecular complexity index is 734. The number of benzene rings is 1. The summed E-state index contributed by atoms with van der Waals surface area (Å²) in [6.45, 7) is 8.04. The molecule has 22 heavy (non-hydrogen) atoms. The molecule has 1 heterocycles. The van der Waals surface area contributed by atoms with Crippen LogP contribution in [0.3, 0.4) is 0 Å². The van der Waals surface area contributed by atoms with E-state index in [9.17, 15) is 8.42 Å². The van der Waals surface area contributed by atoms with Crippen LogP contribution < -0.4 is 5.32 Å². The third-order valence-corrected chi connectivity index (χ3v) is 4.62. The Morgan fingerprint density at radius 3 is 2.59 bits per heavy atom. The van der Waals surface area contributed by atoms with Crippen molar-refractivity contribution in [2.24, 2.45) is 5.92 Å². The molecule has 0 saturated carbocycles. The fourth-order valence-corrected chi connectivity index (χ4v) is 3.27. The molecule has 1 aromatic heterocycles. The Balaban J connectivity index is 2.47. The molecule has 0 unspecified atom stereocenters. The number of aromatic nitrogens is 1. The molecule has 1 N–H and O–H groups in total. The number of sulfone groups is 1. The monoisotopic (exact) mass is 320 g/mol. The van der Waals surface area contributed by atoms with Gasteiger partial charge in [0, 0.05) is 13.0 Å². The maximum absolute atomic E-state index is 12.7. The van der Waals surface area contributed by atoms with Crippen LogP contribution in [0.5, 0.6) is 0 Å². The van der Waals surface area contributed by atoms with Crippen LogP contribution in [0.1, 0.15) is 19.7 Å². The highest BCUT2D eigenvalue weighted by Gasteiger charge is 2.27. The average molecular weight is 320 g/mol. The van der Waals surface area contributed by atoms with Gasteiger partial charge in [0.05, 0.1) is 4.90 Å². The molecule has 0 radical (unpaired) electrons. The summed E-state index contributed by atoms with van der Waals surface area (Å²) in [4.78, 5) is 4.40. The van der Waals surface area contributed by atoms with E-state index in [0.29, 0.717) is 24.8 Å². The summed E-state index contributed by atoms with van der Waals surface area (Å²) < 4.78 is 31.0. The summed E-state index contributed by atoms with van der Waals surface area (Å²) in [5.74, 6) is 0.897. The van der Waals surface area contributed by atoms with Crippen LogP contribution in [0.25, 0.3) is 0 Å². The van der Waals surface area contributed by atoms with Gasteiger partial charge in [0.2, 0.25) is 20.7 Å². The molecule has 0 amide bonds. The van der Waals surface area contributed by atoms with Gasteiger partial charge in [0.25, 0.3) is 0 Å². The molecule has 2 rings (SSSR count). The summed E-state index contributed by atoms with van der Waals surface area (Å²) in [7, 11) is -3.72. The van der Waals surface area contributed by atoms with E-state index in [-0.39, 0.29) is 15.8 Å². The molecule has 0 aliphatic rings. The van der Waals surface area contributed by atoms with Crippen LogP contribution in [-0.4, -0.2) is 19.9 Å². The molecule has 5 nitrogen and oxygen atoms in total. The van der Waals surface area contributed by atoms with Gasteiger partial charge in [-0.2, -0.15) is 4.98 Å². The lowest BCUT2D eigenvalue weighted by Crippen LogP contribution is -2.07. The van der Waals surface area contributed by atoms with Crippen LogP contribution in [0.15, 0.2) is 57.3 Å². The van der Waals surface area contributed by atoms with Crippen molar-refractivity contribution in [1.82, 2.24) is 4.98 Å². The molecule has 0 saturated heterocycles. The highest BCUT2D eigenvalue weighted by molar-refractivity contribution is 7.91. The predicted molar refractivity (Wildman–Crippen MR) is 85.6 cm³/mol. The van der Waals surface area contributed by atoms with Gasteiger partial charge in [-0.3, -0.25) is 0 Å². The van der Waals surface area contributed by atoms with Crippen LogP contribution in [-0.2, 0) is 16.3 Å². The van der Waals surface area contributed by atoms with Crippen molar-refractivity contribution in [3.8, 4) is 0 Å². The zero-order chi connectivity index (χ0) is 16.2. The molecule has 0 aliphatic heterocycles. The first-order chi connectivity index (χ1) is 10.4. The van der Waals surface area contributed by atoms with E-state index < -0.39 is 9.84 Å². The molecule has 0 bridgehead atoms. The maximum atomic E-state index is 12.7. The number of nitrogens with zero attached hydrogens (tertiary/aromatic N) is 1. The highest BCUT2D eigenvalue weighted by atomic mass is 32.2. The summed E-state index contributed by atoms with van der Waals surface area (Å²) in [5, 5.41) is 2.83. The number of rotatable bonds is 7. The third-order valence-electron chi connectivity index (χ3n) is 2.94. The van der Waals surface area contributed by atoms with Crippen molar-refractivity contribution in [3.63, 3.8) is 0 Å². The molecule has 0 aliphatic carbocycles. The zero-order valence-electron chi connectivity index (χ0n) is 12.7. The first-order valence-electron chi connectivity index (χ1n) is 7.09. The first-order valence-corrected chi connectivity index (χ1v) is 8.58. The minimum absolute atomic E-state index is 0.0730. The van der Waals surface area contributed by atoms with E-state index in [4.69, 9.17) is 4.42 Å². The molecular weight excluding hydrogens is 300 g/mol. The van der Waals surface area contributed by atoms with Gasteiger partial charge >= 0.3 is 0 Å². The van der Waals surface area contributed by atoms with Gasteiger partial charge in [-0.1, -0.05) is 38.1 Å². The Hall–Kier alpha value is -2.08. The Morgan fingerprint density at radius 1 is 1.32 bits per heavy atom. The lowest BCUT2D eigenvalue weighted by molar-refractivity contribution is 0.466. The molecular formula is C16H20N2O3S. The van der Waals surface area contributed by atoms with Crippen LogP contribution >= 0.6 is 0 Å². The van der Waals surface area contributed by atoms with Crippen LogP contribution in [0.2, 0.25) is 0 Å². The number of hydrogen-bond acceptors (Lipinski definition) is 5. The quantitative estimate of drug-likeness (QED) is 0.792. The maximum Gasteiger partial charge on any atom is 0.233 e. The predicted octanol–water partition coefficient (Wildman–Crippen LogP) is 3.30. The molecule has 0 fully saturated rings. The standard InChI is InChI=1S/C16H20N2O3S/c1-4-10-17-15-16(18-14(21-15)11-12(2)3)22(19,20)13-8-6-5-7-9-13/h4-9,12,17H,1,10-11H2,2-3H3. The van der Waals surface area contributed by atoms with E-state index in [1.807, 2.05) is 13.8 Å². The molecule has 2 aromatic rings. The Kier molecular flexibility index (Phi) is 5.03. The number of hydrogen-bond donors (Lipinski definition) is 1. The van der Waals surface area contributed by atoms with Crippen molar-refractivity contribution in [3.05, 3.63) is 48.9 Å². The summed E-state index contributed by atoms with van der Waals surface area (Å²) >= 11 is 0. The second-order valence-electron chi connectivity index (χ2n) is 5.33. The number of anilines is 1. The number of oxazole rings is 1. The molecule has 6 heteroatoms. The minimum atomic E-state index is -3.72. The van der Waals surface area contributed by atoms with Crippen molar-refractivity contribution < 1.29 is 12.8 Å². The van der Waals surface area contributed by atoms with Gasteiger partial charge < -0.3 is 9.73 Å². The topological polar surface area (TPSA) is 72.2 Å². The molecule has 0 spiro atoms. The second kappa shape index (κ2) is 6.79. The smallest absolute Gasteiger partial charge is 0.233 e. The molecule has 0 atom stereocenters. The van der Waals surface area contributed by atoms with Gasteiger partial charge in [0.1, 0.15) is 0 Å². The summed E-state index contributed by atoms with van der Waals surface area (Å²) in [6, 6.07) is 8.22. The third kappa shape index (κ3) is 3.57. The minimum Gasteiger partial charge on any atom is -0.424 e. The van der Waals surface area contributed by atoms with Crippen molar-refractivity contribution >= 4 is 15.7 Å². The molecule has 118 valence electrons. The SMILES string of the molecule is C=CCNc1oc(CC(C)C)nc1S(=O)(=O)c1ccccc1. The van der Waals surface area contributed by atoms with Crippen molar-refractivity contribution in [2.75, 3.05) is 11.9 Å². The highest BCUT2D eigenvalue weighted by Crippen LogP contribution is 2.28. The van der Waals surface area contributed by atoms with E-state index in [0.717, 1.165) is 0 Å². The average Bonchev–Trinajstić information content (AvgIpc) is 2.88. The first kappa shape index (κ1) is 16.3. The summed E-state index contributed by atoms with van der Waals surface area (Å²) in [5.41, 5.74) is 0. The van der Waals surface area contributed by atoms with E-state index in [2.05, 4.69) is 16.9 Å². The normalized spacial score (nSPS) is 11.6. The van der Waals surface area contributed by atoms with Crippen LogP contribution in [0.4, 0.5) is 5.88 Å². The van der Waals surface area contributed by atoms with E-state index in [1.54, 1.807) is 36.4 Å². The Labute approximate surface area is 131 Å². The fraction of sp³-hybridized carbons (Fsp3) is 0.312. The van der Waals surface area contributed by atoms with Gasteiger partial charge in [-0.05, 0) is 18.1 Å². The summed E-state index contributed by atoms with van der Waals surface area (Å²) in [6.07, 6.45) is 2.20. The van der Waals surface area contributed by atoms with E-state index in [1.165, 1.54) is 0 Å². The number of nitrogens with one attached hydrogen (secondary N) is 1.